The van der Waals surface area contributed by atoms with Gasteiger partial charge in [0.1, 0.15) is 0 Å². The molecule has 130 valence electrons. The molecule has 0 heterocycles. The van der Waals surface area contributed by atoms with Crippen molar-refractivity contribution >= 4 is 15.9 Å². The Bertz CT molecular complexity index is 601. The number of carbonyl (C=O) groups excluding carboxylic acids is 1. The Kier molecular flexibility index (Phi) is 6.81. The molecule has 1 amide bonds. The maximum atomic E-state index is 12.2. The van der Waals surface area contributed by atoms with Gasteiger partial charge in [0, 0.05) is 6.42 Å². The van der Waals surface area contributed by atoms with E-state index in [2.05, 4.69) is 4.72 Å². The zero-order valence-electron chi connectivity index (χ0n) is 14.8. The summed E-state index contributed by atoms with van der Waals surface area (Å²) in [6.07, 6.45) is 0.693. The smallest absolute Gasteiger partial charge is 0.234 e. The lowest BCUT2D eigenvalue weighted by atomic mass is 9.86. The Morgan fingerprint density at radius 2 is 1.70 bits per heavy atom. The van der Waals surface area contributed by atoms with Crippen LogP contribution >= 0.6 is 0 Å². The molecule has 23 heavy (non-hydrogen) atoms. The molecule has 5 heteroatoms. The van der Waals surface area contributed by atoms with E-state index in [9.17, 15) is 13.2 Å². The van der Waals surface area contributed by atoms with Gasteiger partial charge in [-0.2, -0.15) is 0 Å². The van der Waals surface area contributed by atoms with Gasteiger partial charge in [-0.15, -0.1) is 0 Å². The third kappa shape index (κ3) is 7.64. The first-order valence-corrected chi connectivity index (χ1v) is 9.74. The Hall–Kier alpha value is -1.36. The van der Waals surface area contributed by atoms with Gasteiger partial charge < -0.3 is 0 Å². The predicted molar refractivity (Wildman–Crippen MR) is 94.6 cm³/mol. The lowest BCUT2D eigenvalue weighted by molar-refractivity contribution is -0.119. The summed E-state index contributed by atoms with van der Waals surface area (Å²) in [5.41, 5.74) is 0.979. The van der Waals surface area contributed by atoms with Crippen molar-refractivity contribution < 1.29 is 13.2 Å². The molecule has 0 spiro atoms. The standard InChI is InChI=1S/C18H29NO3S/c1-14(2)16(15-9-7-6-8-10-15)13-17(20)19-23(21,22)12-11-18(3,4)5/h6-10,14,16H,11-13H2,1-5H3,(H,19,20). The van der Waals surface area contributed by atoms with Gasteiger partial charge in [-0.05, 0) is 29.2 Å². The second-order valence-electron chi connectivity index (χ2n) is 7.62. The van der Waals surface area contributed by atoms with Crippen LogP contribution in [0.2, 0.25) is 0 Å². The third-order valence-electron chi connectivity index (χ3n) is 3.83. The number of benzene rings is 1. The molecular formula is C18H29NO3S. The number of hydrogen-bond acceptors (Lipinski definition) is 3. The van der Waals surface area contributed by atoms with Crippen molar-refractivity contribution in [1.29, 1.82) is 0 Å². The fraction of sp³-hybridized carbons (Fsp3) is 0.611. The van der Waals surface area contributed by atoms with Gasteiger partial charge in [-0.3, -0.25) is 9.52 Å². The van der Waals surface area contributed by atoms with Crippen molar-refractivity contribution in [2.24, 2.45) is 11.3 Å². The summed E-state index contributed by atoms with van der Waals surface area (Å²) in [5, 5.41) is 0. The second kappa shape index (κ2) is 7.95. The van der Waals surface area contributed by atoms with Crippen molar-refractivity contribution in [3.63, 3.8) is 0 Å². The van der Waals surface area contributed by atoms with E-state index < -0.39 is 15.9 Å². The van der Waals surface area contributed by atoms with E-state index in [1.54, 1.807) is 0 Å². The average Bonchev–Trinajstić information content (AvgIpc) is 2.42. The number of nitrogens with one attached hydrogen (secondary N) is 1. The van der Waals surface area contributed by atoms with Crippen molar-refractivity contribution in [1.82, 2.24) is 4.72 Å². The molecule has 1 aromatic rings. The highest BCUT2D eigenvalue weighted by molar-refractivity contribution is 7.90. The van der Waals surface area contributed by atoms with Gasteiger partial charge in [0.25, 0.3) is 0 Å². The highest BCUT2D eigenvalue weighted by Gasteiger charge is 2.23. The molecule has 0 saturated carbocycles. The summed E-state index contributed by atoms with van der Waals surface area (Å²) in [4.78, 5) is 12.2. The number of rotatable bonds is 7. The molecule has 0 aliphatic heterocycles. The van der Waals surface area contributed by atoms with Gasteiger partial charge in [0.05, 0.1) is 5.75 Å². The normalized spacial score (nSPS) is 13.8. The van der Waals surface area contributed by atoms with Gasteiger partial charge in [0.2, 0.25) is 15.9 Å². The monoisotopic (exact) mass is 339 g/mol. The Balaban J connectivity index is 2.70. The van der Waals surface area contributed by atoms with Crippen molar-refractivity contribution in [2.45, 2.75) is 53.4 Å². The number of amides is 1. The topological polar surface area (TPSA) is 63.2 Å². The van der Waals surface area contributed by atoms with Crippen LogP contribution in [0.15, 0.2) is 30.3 Å². The molecule has 0 bridgehead atoms. The van der Waals surface area contributed by atoms with Crippen LogP contribution in [0.1, 0.15) is 58.9 Å². The maximum absolute atomic E-state index is 12.2. The molecule has 1 unspecified atom stereocenters. The predicted octanol–water partition coefficient (Wildman–Crippen LogP) is 3.70. The molecule has 1 rings (SSSR count). The molecule has 0 radical (unpaired) electrons. The molecule has 1 atom stereocenters. The fourth-order valence-electron chi connectivity index (χ4n) is 2.35. The third-order valence-corrected chi connectivity index (χ3v) is 5.11. The zero-order valence-corrected chi connectivity index (χ0v) is 15.6. The number of sulfonamides is 1. The van der Waals surface area contributed by atoms with Crippen LogP contribution in [-0.2, 0) is 14.8 Å². The van der Waals surface area contributed by atoms with E-state index >= 15 is 0 Å². The molecule has 1 aromatic carbocycles. The van der Waals surface area contributed by atoms with Gasteiger partial charge in [0.15, 0.2) is 0 Å². The van der Waals surface area contributed by atoms with E-state index in [0.29, 0.717) is 6.42 Å². The number of carbonyl (C=O) groups is 1. The average molecular weight is 340 g/mol. The molecule has 1 N–H and O–H groups in total. The lowest BCUT2D eigenvalue weighted by Crippen LogP contribution is -2.34. The summed E-state index contributed by atoms with van der Waals surface area (Å²) >= 11 is 0. The molecule has 0 aliphatic rings. The lowest BCUT2D eigenvalue weighted by Gasteiger charge is -2.21. The van der Waals surface area contributed by atoms with Crippen LogP contribution in [0.25, 0.3) is 0 Å². The molecule has 0 saturated heterocycles. The van der Waals surface area contributed by atoms with Crippen LogP contribution < -0.4 is 4.72 Å². The fourth-order valence-corrected chi connectivity index (χ4v) is 3.76. The van der Waals surface area contributed by atoms with Gasteiger partial charge in [-0.25, -0.2) is 8.42 Å². The van der Waals surface area contributed by atoms with E-state index in [0.717, 1.165) is 5.56 Å². The minimum atomic E-state index is -3.57. The Morgan fingerprint density at radius 1 is 1.13 bits per heavy atom. The van der Waals surface area contributed by atoms with Crippen LogP contribution in [0.5, 0.6) is 0 Å². The van der Waals surface area contributed by atoms with Crippen molar-refractivity contribution in [3.05, 3.63) is 35.9 Å². The summed E-state index contributed by atoms with van der Waals surface area (Å²) in [5.74, 6) is -0.198. The zero-order chi connectivity index (χ0) is 17.7. The van der Waals surface area contributed by atoms with Crippen molar-refractivity contribution in [3.8, 4) is 0 Å². The minimum absolute atomic E-state index is 0.00835. The SMILES string of the molecule is CC(C)C(CC(=O)NS(=O)(=O)CCC(C)(C)C)c1ccccc1. The van der Waals surface area contributed by atoms with Crippen LogP contribution in [-0.4, -0.2) is 20.1 Å². The quantitative estimate of drug-likeness (QED) is 0.824. The molecule has 0 aliphatic carbocycles. The van der Waals surface area contributed by atoms with Crippen LogP contribution in [0, 0.1) is 11.3 Å². The van der Waals surface area contributed by atoms with Crippen molar-refractivity contribution in [2.75, 3.05) is 5.75 Å². The van der Waals surface area contributed by atoms with E-state index in [4.69, 9.17) is 0 Å². The molecule has 0 aromatic heterocycles. The Morgan fingerprint density at radius 3 is 2.17 bits per heavy atom. The first-order valence-electron chi connectivity index (χ1n) is 8.08. The highest BCUT2D eigenvalue weighted by atomic mass is 32.2. The molecular weight excluding hydrogens is 310 g/mol. The largest absolute Gasteiger partial charge is 0.274 e. The maximum Gasteiger partial charge on any atom is 0.234 e. The van der Waals surface area contributed by atoms with E-state index in [1.165, 1.54) is 0 Å². The van der Waals surface area contributed by atoms with Crippen LogP contribution in [0.4, 0.5) is 0 Å². The highest BCUT2D eigenvalue weighted by Crippen LogP contribution is 2.27. The second-order valence-corrected chi connectivity index (χ2v) is 9.46. The first-order chi connectivity index (χ1) is 10.5. The summed E-state index contributed by atoms with van der Waals surface area (Å²) < 4.78 is 26.3. The molecule has 4 nitrogen and oxygen atoms in total. The first kappa shape index (κ1) is 19.7. The van der Waals surface area contributed by atoms with Gasteiger partial charge in [-0.1, -0.05) is 65.0 Å². The summed E-state index contributed by atoms with van der Waals surface area (Å²) in [7, 11) is -3.57. The Labute approximate surface area is 140 Å². The summed E-state index contributed by atoms with van der Waals surface area (Å²) in [6, 6.07) is 9.75. The van der Waals surface area contributed by atoms with Gasteiger partial charge >= 0.3 is 0 Å². The molecule has 0 fully saturated rings. The van der Waals surface area contributed by atoms with E-state index in [1.807, 2.05) is 65.0 Å². The van der Waals surface area contributed by atoms with E-state index in [-0.39, 0.29) is 29.4 Å². The summed E-state index contributed by atoms with van der Waals surface area (Å²) in [6.45, 7) is 10.0. The number of hydrogen-bond donors (Lipinski definition) is 1. The van der Waals surface area contributed by atoms with Crippen LogP contribution in [0.3, 0.4) is 0 Å². The minimum Gasteiger partial charge on any atom is -0.274 e.